The van der Waals surface area contributed by atoms with Crippen LogP contribution in [0, 0.1) is 0 Å². The normalized spacial score (nSPS) is 16.4. The number of aliphatic imine (C=N–C) groups is 1. The number of hydrogen-bond donors (Lipinski definition) is 2. The van der Waals surface area contributed by atoms with Gasteiger partial charge in [-0.2, -0.15) is 0 Å². The number of nitrogens with one attached hydrogen (secondary N) is 2. The number of rotatable bonds is 6. The molecule has 0 radical (unpaired) electrons. The second-order valence-electron chi connectivity index (χ2n) is 6.31. The van der Waals surface area contributed by atoms with Gasteiger partial charge >= 0.3 is 0 Å². The molecular weight excluding hydrogens is 346 g/mol. The number of anilines is 1. The highest BCUT2D eigenvalue weighted by atomic mass is 32.1. The van der Waals surface area contributed by atoms with Gasteiger partial charge in [-0.25, -0.2) is 4.98 Å². The molecular formula is C19H27N5OS. The zero-order chi connectivity index (χ0) is 18.2. The van der Waals surface area contributed by atoms with Gasteiger partial charge in [0.1, 0.15) is 5.82 Å². The molecule has 0 amide bonds. The highest BCUT2D eigenvalue weighted by Gasteiger charge is 2.16. The Balaban J connectivity index is 1.55. The fourth-order valence-corrected chi connectivity index (χ4v) is 3.74. The lowest BCUT2D eigenvalue weighted by molar-refractivity contribution is 0.122. The Morgan fingerprint density at radius 3 is 2.88 bits per heavy atom. The topological polar surface area (TPSA) is 61.8 Å². The van der Waals surface area contributed by atoms with E-state index < -0.39 is 0 Å². The Morgan fingerprint density at radius 1 is 1.31 bits per heavy atom. The lowest BCUT2D eigenvalue weighted by Crippen LogP contribution is -2.40. The smallest absolute Gasteiger partial charge is 0.191 e. The van der Waals surface area contributed by atoms with Gasteiger partial charge in [0.05, 0.1) is 13.2 Å². The molecule has 0 aromatic carbocycles. The van der Waals surface area contributed by atoms with Gasteiger partial charge in [0.2, 0.25) is 0 Å². The number of pyridine rings is 1. The van der Waals surface area contributed by atoms with E-state index in [-0.39, 0.29) is 0 Å². The maximum atomic E-state index is 5.45. The molecule has 1 aliphatic heterocycles. The first-order valence-corrected chi connectivity index (χ1v) is 9.90. The van der Waals surface area contributed by atoms with E-state index in [1.807, 2.05) is 12.3 Å². The molecule has 7 heteroatoms. The maximum absolute atomic E-state index is 5.45. The summed E-state index contributed by atoms with van der Waals surface area (Å²) in [7, 11) is 1.80. The van der Waals surface area contributed by atoms with Gasteiger partial charge in [-0.1, -0.05) is 19.1 Å². The number of nitrogens with zero attached hydrogens (tertiary/aromatic N) is 3. The van der Waals surface area contributed by atoms with E-state index >= 15 is 0 Å². The van der Waals surface area contributed by atoms with Gasteiger partial charge in [0.25, 0.3) is 0 Å². The standard InChI is InChI=1S/C19H27N5OS/c1-15(17-6-4-12-26-17)13-22-19(20-2)23-14-16-5-3-7-21-18(16)24-8-10-25-11-9-24/h3-7,12,15H,8-11,13-14H2,1-2H3,(H2,20,22,23). The van der Waals surface area contributed by atoms with E-state index in [2.05, 4.69) is 56.0 Å². The SMILES string of the molecule is CN=C(NCc1cccnc1N1CCOCC1)NCC(C)c1cccs1. The van der Waals surface area contributed by atoms with Gasteiger partial charge in [0, 0.05) is 55.8 Å². The zero-order valence-electron chi connectivity index (χ0n) is 15.4. The third-order valence-corrected chi connectivity index (χ3v) is 5.56. The molecule has 1 unspecified atom stereocenters. The monoisotopic (exact) mass is 373 g/mol. The summed E-state index contributed by atoms with van der Waals surface area (Å²) >= 11 is 1.79. The van der Waals surface area contributed by atoms with Gasteiger partial charge in [-0.3, -0.25) is 4.99 Å². The summed E-state index contributed by atoms with van der Waals surface area (Å²) in [6, 6.07) is 8.37. The lowest BCUT2D eigenvalue weighted by atomic mass is 10.1. The molecule has 6 nitrogen and oxygen atoms in total. The van der Waals surface area contributed by atoms with Crippen molar-refractivity contribution < 1.29 is 4.74 Å². The van der Waals surface area contributed by atoms with Crippen molar-refractivity contribution >= 4 is 23.1 Å². The van der Waals surface area contributed by atoms with Crippen LogP contribution in [0.2, 0.25) is 0 Å². The average Bonchev–Trinajstić information content (AvgIpc) is 3.24. The summed E-state index contributed by atoms with van der Waals surface area (Å²) in [5, 5.41) is 8.95. The quantitative estimate of drug-likeness (QED) is 0.602. The molecule has 0 spiro atoms. The third kappa shape index (κ3) is 4.95. The predicted molar refractivity (Wildman–Crippen MR) is 108 cm³/mol. The Bertz CT molecular complexity index is 698. The number of thiophene rings is 1. The van der Waals surface area contributed by atoms with Crippen LogP contribution in [0.5, 0.6) is 0 Å². The van der Waals surface area contributed by atoms with Crippen molar-refractivity contribution in [3.63, 3.8) is 0 Å². The molecule has 1 saturated heterocycles. The van der Waals surface area contributed by atoms with Crippen LogP contribution >= 0.6 is 11.3 Å². The predicted octanol–water partition coefficient (Wildman–Crippen LogP) is 2.45. The molecule has 0 saturated carbocycles. The van der Waals surface area contributed by atoms with E-state index in [0.29, 0.717) is 12.5 Å². The summed E-state index contributed by atoms with van der Waals surface area (Å²) in [5.41, 5.74) is 1.17. The second kappa shape index (κ2) is 9.54. The minimum atomic E-state index is 0.454. The summed E-state index contributed by atoms with van der Waals surface area (Å²) in [5.74, 6) is 2.30. The molecule has 2 aromatic heterocycles. The van der Waals surface area contributed by atoms with Crippen molar-refractivity contribution in [1.29, 1.82) is 0 Å². The molecule has 2 N–H and O–H groups in total. The molecule has 0 aliphatic carbocycles. The second-order valence-corrected chi connectivity index (χ2v) is 7.29. The first-order chi connectivity index (χ1) is 12.8. The first kappa shape index (κ1) is 18.7. The summed E-state index contributed by atoms with van der Waals surface area (Å²) in [6.07, 6.45) is 1.85. The van der Waals surface area contributed by atoms with E-state index in [9.17, 15) is 0 Å². The van der Waals surface area contributed by atoms with Crippen LogP contribution in [0.25, 0.3) is 0 Å². The van der Waals surface area contributed by atoms with Crippen LogP contribution in [-0.2, 0) is 11.3 Å². The Morgan fingerprint density at radius 2 is 2.15 bits per heavy atom. The number of hydrogen-bond acceptors (Lipinski definition) is 5. The molecule has 26 heavy (non-hydrogen) atoms. The number of morpholine rings is 1. The van der Waals surface area contributed by atoms with E-state index in [4.69, 9.17) is 4.74 Å². The van der Waals surface area contributed by atoms with Gasteiger partial charge in [-0.05, 0) is 17.5 Å². The average molecular weight is 374 g/mol. The van der Waals surface area contributed by atoms with Crippen LogP contribution in [0.1, 0.15) is 23.3 Å². The van der Waals surface area contributed by atoms with Gasteiger partial charge < -0.3 is 20.3 Å². The van der Waals surface area contributed by atoms with E-state index in [1.54, 1.807) is 18.4 Å². The van der Waals surface area contributed by atoms with Crippen LogP contribution < -0.4 is 15.5 Å². The molecule has 1 fully saturated rings. The van der Waals surface area contributed by atoms with E-state index in [0.717, 1.165) is 44.6 Å². The summed E-state index contributed by atoms with van der Waals surface area (Å²) < 4.78 is 5.45. The Hall–Kier alpha value is -2.12. The van der Waals surface area contributed by atoms with Crippen LogP contribution in [-0.4, -0.2) is 50.8 Å². The highest BCUT2D eigenvalue weighted by Crippen LogP contribution is 2.20. The van der Waals surface area contributed by atoms with Crippen LogP contribution in [0.15, 0.2) is 40.8 Å². The molecule has 3 rings (SSSR count). The van der Waals surface area contributed by atoms with Crippen molar-refractivity contribution in [1.82, 2.24) is 15.6 Å². The zero-order valence-corrected chi connectivity index (χ0v) is 16.3. The molecule has 0 bridgehead atoms. The molecule has 1 atom stereocenters. The largest absolute Gasteiger partial charge is 0.378 e. The number of guanidine groups is 1. The van der Waals surface area contributed by atoms with E-state index in [1.165, 1.54) is 10.4 Å². The maximum Gasteiger partial charge on any atom is 0.191 e. The fraction of sp³-hybridized carbons (Fsp3) is 0.474. The Labute approximate surface area is 159 Å². The molecule has 1 aliphatic rings. The summed E-state index contributed by atoms with van der Waals surface area (Å²) in [4.78, 5) is 12.6. The van der Waals surface area contributed by atoms with Gasteiger partial charge in [0.15, 0.2) is 5.96 Å². The van der Waals surface area contributed by atoms with Crippen molar-refractivity contribution in [3.8, 4) is 0 Å². The lowest BCUT2D eigenvalue weighted by Gasteiger charge is -2.29. The van der Waals surface area contributed by atoms with Crippen molar-refractivity contribution in [2.24, 2.45) is 4.99 Å². The van der Waals surface area contributed by atoms with Crippen molar-refractivity contribution in [2.75, 3.05) is 44.8 Å². The third-order valence-electron chi connectivity index (χ3n) is 4.45. The molecule has 140 valence electrons. The summed E-state index contributed by atoms with van der Waals surface area (Å²) in [6.45, 7) is 7.05. The van der Waals surface area contributed by atoms with Gasteiger partial charge in [-0.15, -0.1) is 11.3 Å². The fourth-order valence-electron chi connectivity index (χ4n) is 2.95. The van der Waals surface area contributed by atoms with Crippen LogP contribution in [0.4, 0.5) is 5.82 Å². The number of aromatic nitrogens is 1. The Kier molecular flexibility index (Phi) is 6.85. The minimum absolute atomic E-state index is 0.454. The van der Waals surface area contributed by atoms with Crippen molar-refractivity contribution in [3.05, 3.63) is 46.3 Å². The minimum Gasteiger partial charge on any atom is -0.378 e. The number of ether oxygens (including phenoxy) is 1. The van der Waals surface area contributed by atoms with Crippen molar-refractivity contribution in [2.45, 2.75) is 19.4 Å². The van der Waals surface area contributed by atoms with Crippen LogP contribution in [0.3, 0.4) is 0 Å². The molecule has 3 heterocycles. The first-order valence-electron chi connectivity index (χ1n) is 9.02. The molecule has 2 aromatic rings. The highest BCUT2D eigenvalue weighted by molar-refractivity contribution is 7.10.